The van der Waals surface area contributed by atoms with Gasteiger partial charge in [-0.05, 0) is 38.3 Å². The summed E-state index contributed by atoms with van der Waals surface area (Å²) in [7, 11) is 0. The number of ether oxygens (including phenoxy) is 1. The highest BCUT2D eigenvalue weighted by Crippen LogP contribution is 2.31. The van der Waals surface area contributed by atoms with E-state index in [-0.39, 0.29) is 24.0 Å². The van der Waals surface area contributed by atoms with Gasteiger partial charge in [-0.3, -0.25) is 14.3 Å². The molecule has 37 heavy (non-hydrogen) atoms. The summed E-state index contributed by atoms with van der Waals surface area (Å²) >= 11 is 0. The molecule has 1 aliphatic carbocycles. The van der Waals surface area contributed by atoms with E-state index < -0.39 is 40.5 Å². The van der Waals surface area contributed by atoms with Crippen molar-refractivity contribution in [1.82, 2.24) is 19.6 Å². The van der Waals surface area contributed by atoms with E-state index in [2.05, 4.69) is 15.5 Å². The van der Waals surface area contributed by atoms with Crippen LogP contribution in [0.3, 0.4) is 0 Å². The van der Waals surface area contributed by atoms with E-state index in [4.69, 9.17) is 4.74 Å². The van der Waals surface area contributed by atoms with E-state index in [1.54, 1.807) is 26.1 Å². The summed E-state index contributed by atoms with van der Waals surface area (Å²) in [6.45, 7) is 3.54. The highest BCUT2D eigenvalue weighted by Gasteiger charge is 2.28. The predicted molar refractivity (Wildman–Crippen MR) is 132 cm³/mol. The van der Waals surface area contributed by atoms with Crippen molar-refractivity contribution in [3.8, 4) is 11.5 Å². The van der Waals surface area contributed by atoms with Crippen LogP contribution < -0.4 is 15.6 Å². The molecule has 1 saturated carbocycles. The summed E-state index contributed by atoms with van der Waals surface area (Å²) in [5.41, 5.74) is -1.62. The summed E-state index contributed by atoms with van der Waals surface area (Å²) < 4.78 is 35.8. The normalized spacial score (nSPS) is 15.4. The third kappa shape index (κ3) is 7.00. The fraction of sp³-hybridized carbons (Fsp3) is 0.462. The highest BCUT2D eigenvalue weighted by atomic mass is 19.1. The van der Waals surface area contributed by atoms with Gasteiger partial charge in [-0.2, -0.15) is 10.2 Å². The molecule has 0 spiro atoms. The summed E-state index contributed by atoms with van der Waals surface area (Å²) in [4.78, 5) is 26.4. The number of hydrogen-bond acceptors (Lipinski definition) is 6. The van der Waals surface area contributed by atoms with Gasteiger partial charge in [-0.25, -0.2) is 13.5 Å². The van der Waals surface area contributed by atoms with Crippen LogP contribution in [-0.4, -0.2) is 36.2 Å². The minimum Gasteiger partial charge on any atom is -0.449 e. The molecule has 1 aromatic carbocycles. The zero-order valence-corrected chi connectivity index (χ0v) is 20.9. The lowest BCUT2D eigenvalue weighted by atomic mass is 9.84. The molecule has 3 aromatic rings. The van der Waals surface area contributed by atoms with E-state index in [0.717, 1.165) is 61.2 Å². The molecule has 11 heteroatoms. The smallest absolute Gasteiger partial charge is 0.271 e. The average Bonchev–Trinajstić information content (AvgIpc) is 3.26. The number of para-hydroxylation sites is 1. The lowest BCUT2D eigenvalue weighted by molar-refractivity contribution is -0.120. The van der Waals surface area contributed by atoms with Crippen molar-refractivity contribution in [3.05, 3.63) is 64.7 Å². The molecule has 2 N–H and O–H groups in total. The van der Waals surface area contributed by atoms with Gasteiger partial charge in [-0.15, -0.1) is 0 Å². The number of anilines is 1. The third-order valence-electron chi connectivity index (χ3n) is 6.26. The van der Waals surface area contributed by atoms with E-state index in [1.165, 1.54) is 10.7 Å². The van der Waals surface area contributed by atoms with Crippen LogP contribution in [0, 0.1) is 17.6 Å². The Hall–Kier alpha value is -3.60. The second kappa shape index (κ2) is 11.2. The largest absolute Gasteiger partial charge is 0.449 e. The minimum atomic E-state index is -0.983. The Morgan fingerprint density at radius 2 is 1.92 bits per heavy atom. The molecule has 1 fully saturated rings. The molecule has 198 valence electrons. The van der Waals surface area contributed by atoms with Crippen molar-refractivity contribution in [2.45, 2.75) is 70.6 Å². The molecular weight excluding hydrogens is 484 g/mol. The molecule has 1 amide bonds. The van der Waals surface area contributed by atoms with E-state index in [9.17, 15) is 23.5 Å². The van der Waals surface area contributed by atoms with E-state index in [1.807, 2.05) is 0 Å². The van der Waals surface area contributed by atoms with Crippen LogP contribution >= 0.6 is 0 Å². The zero-order valence-electron chi connectivity index (χ0n) is 20.9. The summed E-state index contributed by atoms with van der Waals surface area (Å²) in [6, 6.07) is 5.03. The Bertz CT molecular complexity index is 1270. The lowest BCUT2D eigenvalue weighted by Gasteiger charge is -2.26. The van der Waals surface area contributed by atoms with Crippen LogP contribution in [0.4, 0.5) is 14.6 Å². The molecule has 9 nitrogen and oxygen atoms in total. The first-order chi connectivity index (χ1) is 17.6. The van der Waals surface area contributed by atoms with Gasteiger partial charge >= 0.3 is 0 Å². The summed E-state index contributed by atoms with van der Waals surface area (Å²) in [5.74, 6) is -2.54. The van der Waals surface area contributed by atoms with Gasteiger partial charge in [0.25, 0.3) is 11.5 Å². The molecular formula is C26H31F2N5O4. The van der Waals surface area contributed by atoms with Crippen molar-refractivity contribution in [2.75, 3.05) is 5.32 Å². The quantitative estimate of drug-likeness (QED) is 0.436. The van der Waals surface area contributed by atoms with Gasteiger partial charge in [0, 0.05) is 18.3 Å². The van der Waals surface area contributed by atoms with E-state index in [0.29, 0.717) is 6.42 Å². The maximum Gasteiger partial charge on any atom is 0.271 e. The number of aromatic nitrogens is 4. The summed E-state index contributed by atoms with van der Waals surface area (Å²) in [5, 5.41) is 21.2. The van der Waals surface area contributed by atoms with Gasteiger partial charge in [-0.1, -0.05) is 38.2 Å². The Morgan fingerprint density at radius 3 is 2.57 bits per heavy atom. The SMILES string of the molecule is CC(C)(O)Cn1ccc(NC(=O)[C@H](CC2CCCCC2)n2ncc(Oc3c(F)cccc3F)cc2=O)n1. The van der Waals surface area contributed by atoms with Crippen molar-refractivity contribution < 1.29 is 23.4 Å². The highest BCUT2D eigenvalue weighted by molar-refractivity contribution is 5.92. The topological polar surface area (TPSA) is 111 Å². The Labute approximate surface area is 213 Å². The predicted octanol–water partition coefficient (Wildman–Crippen LogP) is 4.43. The first-order valence-electron chi connectivity index (χ1n) is 12.4. The second-order valence-electron chi connectivity index (χ2n) is 10.1. The fourth-order valence-electron chi connectivity index (χ4n) is 4.57. The van der Waals surface area contributed by atoms with Crippen molar-refractivity contribution in [2.24, 2.45) is 5.92 Å². The minimum absolute atomic E-state index is 0.146. The van der Waals surface area contributed by atoms with Crippen molar-refractivity contribution >= 4 is 11.7 Å². The standard InChI is InChI=1S/C26H31F2N5O4/c1-26(2,36)16-32-12-11-22(31-32)30-25(35)21(13-17-7-4-3-5-8-17)33-23(34)14-18(15-29-33)37-24-19(27)9-6-10-20(24)28/h6,9-12,14-15,17,21,36H,3-5,7-8,13,16H2,1-2H3,(H,30,31,35)/t21-/m0/s1. The van der Waals surface area contributed by atoms with Crippen molar-refractivity contribution in [3.63, 3.8) is 0 Å². The maximum atomic E-state index is 14.0. The molecule has 1 atom stereocenters. The van der Waals surface area contributed by atoms with Gasteiger partial charge in [0.05, 0.1) is 18.3 Å². The van der Waals surface area contributed by atoms with Crippen LogP contribution in [0.25, 0.3) is 0 Å². The van der Waals surface area contributed by atoms with Gasteiger partial charge in [0.1, 0.15) is 6.04 Å². The first-order valence-corrected chi connectivity index (χ1v) is 12.4. The molecule has 0 bridgehead atoms. The average molecular weight is 516 g/mol. The fourth-order valence-corrected chi connectivity index (χ4v) is 4.57. The van der Waals surface area contributed by atoms with Crippen LogP contribution in [0.1, 0.15) is 58.4 Å². The number of hydrogen-bond donors (Lipinski definition) is 2. The Balaban J connectivity index is 1.57. The molecule has 1 aliphatic rings. The first kappa shape index (κ1) is 26.5. The molecule has 2 aromatic heterocycles. The number of benzene rings is 1. The summed E-state index contributed by atoms with van der Waals surface area (Å²) in [6.07, 6.45) is 8.37. The third-order valence-corrected chi connectivity index (χ3v) is 6.26. The number of halogens is 2. The molecule has 4 rings (SSSR count). The molecule has 0 saturated heterocycles. The second-order valence-corrected chi connectivity index (χ2v) is 10.1. The van der Waals surface area contributed by atoms with Crippen LogP contribution in [0.5, 0.6) is 11.5 Å². The molecule has 2 heterocycles. The van der Waals surface area contributed by atoms with Crippen LogP contribution in [0.2, 0.25) is 0 Å². The molecule has 0 unspecified atom stereocenters. The number of aliphatic hydroxyl groups is 1. The number of nitrogens with zero attached hydrogens (tertiary/aromatic N) is 4. The molecule has 0 aliphatic heterocycles. The van der Waals surface area contributed by atoms with Gasteiger partial charge < -0.3 is 15.2 Å². The van der Waals surface area contributed by atoms with Crippen molar-refractivity contribution in [1.29, 1.82) is 0 Å². The maximum absolute atomic E-state index is 14.0. The Kier molecular flexibility index (Phi) is 8.01. The number of amides is 1. The van der Waals surface area contributed by atoms with E-state index >= 15 is 0 Å². The van der Waals surface area contributed by atoms with Crippen LogP contribution in [-0.2, 0) is 11.3 Å². The van der Waals surface area contributed by atoms with Crippen LogP contribution in [0.15, 0.2) is 47.5 Å². The zero-order chi connectivity index (χ0) is 26.6. The number of nitrogens with one attached hydrogen (secondary N) is 1. The number of rotatable bonds is 9. The number of carbonyl (C=O) groups is 1. The number of carbonyl (C=O) groups excluding carboxylic acids is 1. The monoisotopic (exact) mass is 515 g/mol. The molecule has 0 radical (unpaired) electrons. The lowest BCUT2D eigenvalue weighted by Crippen LogP contribution is -2.36. The van der Waals surface area contributed by atoms with Gasteiger partial charge in [0.15, 0.2) is 29.0 Å². The van der Waals surface area contributed by atoms with Gasteiger partial charge in [0.2, 0.25) is 0 Å². The Morgan fingerprint density at radius 1 is 1.22 bits per heavy atom.